The SMILES string of the molecule is C=CCc1cccc(C=NNC(=O)CCCCCCC(=O)NN=Cc2cccc(CC=C)c2O)c1O. The van der Waals surface area contributed by atoms with E-state index in [0.717, 1.165) is 24.0 Å². The van der Waals surface area contributed by atoms with E-state index in [2.05, 4.69) is 34.2 Å². The molecule has 8 heteroatoms. The van der Waals surface area contributed by atoms with Crippen LogP contribution >= 0.6 is 0 Å². The van der Waals surface area contributed by atoms with Crippen molar-refractivity contribution in [2.24, 2.45) is 10.2 Å². The van der Waals surface area contributed by atoms with Gasteiger partial charge in [0.15, 0.2) is 0 Å². The van der Waals surface area contributed by atoms with Gasteiger partial charge in [0.1, 0.15) is 11.5 Å². The molecule has 0 aliphatic rings. The Morgan fingerprint density at radius 1 is 0.722 bits per heavy atom. The number of phenolic OH excluding ortho intramolecular Hbond substituents is 2. The second-order valence-corrected chi connectivity index (χ2v) is 8.20. The minimum Gasteiger partial charge on any atom is -0.507 e. The quantitative estimate of drug-likeness (QED) is 0.127. The molecular weight excluding hydrogens is 456 g/mol. The number of aromatic hydroxyl groups is 2. The van der Waals surface area contributed by atoms with Gasteiger partial charge in [0.25, 0.3) is 0 Å². The Labute approximate surface area is 212 Å². The van der Waals surface area contributed by atoms with Gasteiger partial charge in [0.2, 0.25) is 11.8 Å². The molecule has 2 aromatic rings. The number of nitrogens with zero attached hydrogens (tertiary/aromatic N) is 2. The Morgan fingerprint density at radius 3 is 1.53 bits per heavy atom. The van der Waals surface area contributed by atoms with E-state index in [0.29, 0.717) is 49.7 Å². The summed E-state index contributed by atoms with van der Waals surface area (Å²) in [6.45, 7) is 7.33. The van der Waals surface area contributed by atoms with E-state index in [-0.39, 0.29) is 23.3 Å². The molecule has 0 spiro atoms. The van der Waals surface area contributed by atoms with Gasteiger partial charge in [-0.2, -0.15) is 10.2 Å². The van der Waals surface area contributed by atoms with Crippen molar-refractivity contribution >= 4 is 24.2 Å². The van der Waals surface area contributed by atoms with Gasteiger partial charge in [-0.1, -0.05) is 49.3 Å². The number of allylic oxidation sites excluding steroid dienone is 2. The molecule has 0 aliphatic heterocycles. The number of para-hydroxylation sites is 2. The van der Waals surface area contributed by atoms with Crippen molar-refractivity contribution in [2.75, 3.05) is 0 Å². The van der Waals surface area contributed by atoms with E-state index < -0.39 is 0 Å². The average molecular weight is 491 g/mol. The molecule has 4 N–H and O–H groups in total. The summed E-state index contributed by atoms with van der Waals surface area (Å²) in [5.74, 6) is -0.164. The highest BCUT2D eigenvalue weighted by Crippen LogP contribution is 2.22. The normalized spacial score (nSPS) is 11.0. The summed E-state index contributed by atoms with van der Waals surface area (Å²) < 4.78 is 0. The third kappa shape index (κ3) is 9.58. The standard InChI is InChI=1S/C28H34N4O4/c1-3-11-21-13-9-15-23(27(21)35)19-29-31-25(33)17-7-5-6-8-18-26(34)32-30-20-24-16-10-14-22(12-4-2)28(24)36/h3-4,9-10,13-16,19-20,35-36H,1-2,5-8,11-12,17-18H2,(H,31,33)(H,32,34). The molecule has 0 unspecified atom stereocenters. The average Bonchev–Trinajstić information content (AvgIpc) is 2.86. The molecule has 2 rings (SSSR count). The van der Waals surface area contributed by atoms with Crippen LogP contribution in [0.5, 0.6) is 11.5 Å². The Kier molecular flexibility index (Phi) is 12.2. The number of carbonyl (C=O) groups excluding carboxylic acids is 2. The van der Waals surface area contributed by atoms with Crippen LogP contribution in [0.25, 0.3) is 0 Å². The maximum Gasteiger partial charge on any atom is 0.240 e. The number of hydrogen-bond donors (Lipinski definition) is 4. The zero-order valence-electron chi connectivity index (χ0n) is 20.4. The third-order valence-electron chi connectivity index (χ3n) is 5.37. The highest BCUT2D eigenvalue weighted by Gasteiger charge is 2.06. The fourth-order valence-corrected chi connectivity index (χ4v) is 3.46. The highest BCUT2D eigenvalue weighted by atomic mass is 16.3. The van der Waals surface area contributed by atoms with E-state index in [9.17, 15) is 19.8 Å². The fourth-order valence-electron chi connectivity index (χ4n) is 3.46. The first-order chi connectivity index (χ1) is 17.5. The first-order valence-electron chi connectivity index (χ1n) is 11.9. The number of hydrazone groups is 2. The molecule has 0 bridgehead atoms. The van der Waals surface area contributed by atoms with Crippen LogP contribution in [0.15, 0.2) is 71.9 Å². The lowest BCUT2D eigenvalue weighted by atomic mass is 10.1. The molecule has 0 aliphatic carbocycles. The van der Waals surface area contributed by atoms with Crippen LogP contribution < -0.4 is 10.9 Å². The van der Waals surface area contributed by atoms with Gasteiger partial charge >= 0.3 is 0 Å². The van der Waals surface area contributed by atoms with Crippen molar-refractivity contribution in [2.45, 2.75) is 51.4 Å². The molecule has 0 fully saturated rings. The van der Waals surface area contributed by atoms with Crippen molar-refractivity contribution in [1.82, 2.24) is 10.9 Å². The lowest BCUT2D eigenvalue weighted by molar-refractivity contribution is -0.122. The Morgan fingerprint density at radius 2 is 1.14 bits per heavy atom. The number of nitrogens with one attached hydrogen (secondary N) is 2. The largest absolute Gasteiger partial charge is 0.507 e. The maximum absolute atomic E-state index is 11.9. The summed E-state index contributed by atoms with van der Waals surface area (Å²) in [5.41, 5.74) is 7.47. The number of hydrogen-bond acceptors (Lipinski definition) is 6. The first kappa shape index (κ1) is 28.0. The van der Waals surface area contributed by atoms with Crippen molar-refractivity contribution in [3.63, 3.8) is 0 Å². The van der Waals surface area contributed by atoms with Crippen LogP contribution in [0.1, 0.15) is 60.8 Å². The molecule has 0 heterocycles. The van der Waals surface area contributed by atoms with Gasteiger partial charge in [-0.3, -0.25) is 9.59 Å². The van der Waals surface area contributed by atoms with Crippen molar-refractivity contribution in [3.8, 4) is 11.5 Å². The molecule has 8 nitrogen and oxygen atoms in total. The van der Waals surface area contributed by atoms with Gasteiger partial charge in [-0.05, 0) is 48.9 Å². The second kappa shape index (κ2) is 15.7. The number of benzene rings is 2. The van der Waals surface area contributed by atoms with Gasteiger partial charge in [0, 0.05) is 24.0 Å². The Balaban J connectivity index is 1.60. The van der Waals surface area contributed by atoms with Gasteiger partial charge < -0.3 is 10.2 Å². The summed E-state index contributed by atoms with van der Waals surface area (Å²) in [6.07, 6.45) is 11.0. The van der Waals surface area contributed by atoms with Crippen LogP contribution in [0.3, 0.4) is 0 Å². The number of phenols is 2. The van der Waals surface area contributed by atoms with Gasteiger partial charge in [0.05, 0.1) is 12.4 Å². The summed E-state index contributed by atoms with van der Waals surface area (Å²) in [4.78, 5) is 23.9. The van der Waals surface area contributed by atoms with E-state index in [4.69, 9.17) is 0 Å². The molecule has 0 saturated heterocycles. The summed E-state index contributed by atoms with van der Waals surface area (Å²) in [7, 11) is 0. The van der Waals surface area contributed by atoms with E-state index in [1.807, 2.05) is 12.1 Å². The molecule has 0 radical (unpaired) electrons. The first-order valence-corrected chi connectivity index (χ1v) is 11.9. The molecule has 0 atom stereocenters. The van der Waals surface area contributed by atoms with Crippen LogP contribution in [0.4, 0.5) is 0 Å². The summed E-state index contributed by atoms with van der Waals surface area (Å²) >= 11 is 0. The Bertz CT molecular complexity index is 1020. The lowest BCUT2D eigenvalue weighted by Crippen LogP contribution is -2.17. The predicted molar refractivity (Wildman–Crippen MR) is 143 cm³/mol. The smallest absolute Gasteiger partial charge is 0.240 e. The number of amides is 2. The highest BCUT2D eigenvalue weighted by molar-refractivity contribution is 5.86. The molecule has 190 valence electrons. The summed E-state index contributed by atoms with van der Waals surface area (Å²) in [6, 6.07) is 10.7. The van der Waals surface area contributed by atoms with E-state index in [1.165, 1.54) is 12.4 Å². The van der Waals surface area contributed by atoms with Gasteiger partial charge in [-0.15, -0.1) is 13.2 Å². The van der Waals surface area contributed by atoms with Crippen LogP contribution in [0.2, 0.25) is 0 Å². The predicted octanol–water partition coefficient (Wildman–Crippen LogP) is 4.50. The van der Waals surface area contributed by atoms with E-state index >= 15 is 0 Å². The van der Waals surface area contributed by atoms with Crippen LogP contribution in [-0.4, -0.2) is 34.5 Å². The minimum absolute atomic E-state index is 0.126. The zero-order valence-corrected chi connectivity index (χ0v) is 20.4. The van der Waals surface area contributed by atoms with Crippen molar-refractivity contribution in [1.29, 1.82) is 0 Å². The van der Waals surface area contributed by atoms with Crippen LogP contribution in [0, 0.1) is 0 Å². The molecular formula is C28H34N4O4. The monoisotopic (exact) mass is 490 g/mol. The molecule has 2 amide bonds. The molecule has 36 heavy (non-hydrogen) atoms. The number of carbonyl (C=O) groups is 2. The molecule has 0 aromatic heterocycles. The van der Waals surface area contributed by atoms with Crippen LogP contribution in [-0.2, 0) is 22.4 Å². The molecule has 0 saturated carbocycles. The van der Waals surface area contributed by atoms with Crippen molar-refractivity contribution < 1.29 is 19.8 Å². The molecule has 2 aromatic carbocycles. The van der Waals surface area contributed by atoms with Gasteiger partial charge in [-0.25, -0.2) is 10.9 Å². The maximum atomic E-state index is 11.9. The van der Waals surface area contributed by atoms with E-state index in [1.54, 1.807) is 36.4 Å². The van der Waals surface area contributed by atoms with Crippen molar-refractivity contribution in [3.05, 3.63) is 84.0 Å². The number of unbranched alkanes of at least 4 members (excludes halogenated alkanes) is 3. The minimum atomic E-state index is -0.208. The second-order valence-electron chi connectivity index (χ2n) is 8.20. The lowest BCUT2D eigenvalue weighted by Gasteiger charge is -2.05. The third-order valence-corrected chi connectivity index (χ3v) is 5.37. The fraction of sp³-hybridized carbons (Fsp3) is 0.286. The topological polar surface area (TPSA) is 123 Å². The number of rotatable bonds is 15. The Hall–Kier alpha value is -4.20. The summed E-state index contributed by atoms with van der Waals surface area (Å²) in [5, 5.41) is 28.2. The zero-order chi connectivity index (χ0) is 26.2.